The van der Waals surface area contributed by atoms with Crippen molar-refractivity contribution in [3.05, 3.63) is 39.6 Å². The molecule has 9 heteroatoms. The van der Waals surface area contributed by atoms with E-state index in [2.05, 4.69) is 20.5 Å². The lowest BCUT2D eigenvalue weighted by atomic mass is 10.3. The third-order valence-electron chi connectivity index (χ3n) is 2.89. The number of anilines is 2. The number of fused-ring (bicyclic) bond motifs is 1. The van der Waals surface area contributed by atoms with E-state index in [1.165, 1.54) is 11.8 Å². The zero-order chi connectivity index (χ0) is 15.0. The van der Waals surface area contributed by atoms with E-state index >= 15 is 0 Å². The van der Waals surface area contributed by atoms with Crippen LogP contribution in [0.1, 0.15) is 0 Å². The zero-order valence-electron chi connectivity index (χ0n) is 10.9. The number of aromatic nitrogens is 4. The van der Waals surface area contributed by atoms with Gasteiger partial charge in [-0.25, -0.2) is 0 Å². The number of nitrogen functional groups attached to an aromatic ring is 1. The summed E-state index contributed by atoms with van der Waals surface area (Å²) < 4.78 is 0.964. The Balaban J connectivity index is 2.09. The van der Waals surface area contributed by atoms with E-state index in [-0.39, 0.29) is 11.5 Å². The molecule has 2 aromatic heterocycles. The van der Waals surface area contributed by atoms with Crippen molar-refractivity contribution in [2.24, 2.45) is 0 Å². The number of aromatic amines is 1. The second kappa shape index (κ2) is 5.30. The minimum atomic E-state index is -0.366. The van der Waals surface area contributed by atoms with Crippen molar-refractivity contribution < 1.29 is 0 Å². The first-order chi connectivity index (χ1) is 10.1. The Hall–Kier alpha value is -2.19. The highest BCUT2D eigenvalue weighted by atomic mass is 35.5. The van der Waals surface area contributed by atoms with Crippen molar-refractivity contribution >= 4 is 46.0 Å². The van der Waals surface area contributed by atoms with Crippen LogP contribution in [0.2, 0.25) is 5.02 Å². The number of nitrogens with two attached hydrogens (primary N) is 1. The lowest BCUT2D eigenvalue weighted by Crippen LogP contribution is -2.30. The number of hydrogen-bond donors (Lipinski definition) is 3. The lowest BCUT2D eigenvalue weighted by Gasteiger charge is -2.09. The summed E-state index contributed by atoms with van der Waals surface area (Å²) in [5, 5.41) is 11.3. The number of nitrogens with one attached hydrogen (secondary N) is 2. The average Bonchev–Trinajstić information content (AvgIpc) is 2.89. The maximum Gasteiger partial charge on any atom is 0.285 e. The molecule has 3 rings (SSSR count). The zero-order valence-corrected chi connectivity index (χ0v) is 12.5. The van der Waals surface area contributed by atoms with E-state index in [9.17, 15) is 4.79 Å². The molecule has 0 aliphatic carbocycles. The predicted molar refractivity (Wildman–Crippen MR) is 84.8 cm³/mol. The molecule has 0 bridgehead atoms. The van der Waals surface area contributed by atoms with Crippen LogP contribution < -0.4 is 16.7 Å². The Morgan fingerprint density at radius 1 is 1.38 bits per heavy atom. The van der Waals surface area contributed by atoms with Crippen molar-refractivity contribution in [2.75, 3.05) is 17.4 Å². The average molecular weight is 323 g/mol. The Labute approximate surface area is 128 Å². The summed E-state index contributed by atoms with van der Waals surface area (Å²) in [6.45, 7) is 0. The van der Waals surface area contributed by atoms with E-state index in [0.29, 0.717) is 21.1 Å². The fraction of sp³-hybridized carbons (Fsp3) is 0.0833. The maximum absolute atomic E-state index is 12.3. The summed E-state index contributed by atoms with van der Waals surface area (Å²) in [6.07, 6.45) is 1.83. The molecular weight excluding hydrogens is 312 g/mol. The van der Waals surface area contributed by atoms with E-state index in [4.69, 9.17) is 17.4 Å². The van der Waals surface area contributed by atoms with Crippen LogP contribution in [0.15, 0.2) is 34.1 Å². The normalized spacial score (nSPS) is 11.0. The summed E-state index contributed by atoms with van der Waals surface area (Å²) in [6, 6.07) is 6.98. The van der Waals surface area contributed by atoms with Gasteiger partial charge in [-0.05, 0) is 30.5 Å². The Kier molecular flexibility index (Phi) is 3.48. The highest BCUT2D eigenvalue weighted by Crippen LogP contribution is 2.21. The molecule has 0 unspecified atom stereocenters. The Bertz CT molecular complexity index is 857. The quantitative estimate of drug-likeness (QED) is 0.503. The summed E-state index contributed by atoms with van der Waals surface area (Å²) >= 11 is 7.18. The summed E-state index contributed by atoms with van der Waals surface area (Å²) in [5.74, 6) is 6.03. The van der Waals surface area contributed by atoms with E-state index < -0.39 is 0 Å². The van der Waals surface area contributed by atoms with E-state index in [1.54, 1.807) is 24.3 Å². The molecule has 0 atom stereocenters. The van der Waals surface area contributed by atoms with Crippen molar-refractivity contribution in [3.8, 4) is 0 Å². The molecule has 3 aromatic rings. The molecule has 0 fully saturated rings. The molecule has 0 radical (unpaired) electrons. The molecule has 7 nitrogen and oxygen atoms in total. The minimum absolute atomic E-state index is 0.214. The van der Waals surface area contributed by atoms with Crippen LogP contribution in [0, 0.1) is 0 Å². The lowest BCUT2D eigenvalue weighted by molar-refractivity contribution is 0.923. The van der Waals surface area contributed by atoms with E-state index in [0.717, 1.165) is 10.4 Å². The van der Waals surface area contributed by atoms with Gasteiger partial charge in [0, 0.05) is 10.7 Å². The first-order valence-corrected chi connectivity index (χ1v) is 7.53. The largest absolute Gasteiger partial charge is 0.333 e. The van der Waals surface area contributed by atoms with Crippen LogP contribution in [0.25, 0.3) is 11.0 Å². The van der Waals surface area contributed by atoms with Gasteiger partial charge in [-0.1, -0.05) is 11.6 Å². The molecule has 2 heterocycles. The van der Waals surface area contributed by atoms with Crippen molar-refractivity contribution in [1.82, 2.24) is 19.9 Å². The third kappa shape index (κ3) is 2.43. The fourth-order valence-electron chi connectivity index (χ4n) is 1.87. The standard InChI is InChI=1S/C12H11ClN6OS/c1-21-10-8-9(17-18-10)16-12(19(14)11(8)20)15-7-4-2-6(13)3-5-7/h2-5H,14H2,1H3,(H2,15,16,17,18). The smallest absolute Gasteiger partial charge is 0.285 e. The number of H-pyrrole nitrogens is 1. The van der Waals surface area contributed by atoms with Gasteiger partial charge in [0.25, 0.3) is 5.56 Å². The highest BCUT2D eigenvalue weighted by molar-refractivity contribution is 7.98. The Morgan fingerprint density at radius 3 is 2.76 bits per heavy atom. The van der Waals surface area contributed by atoms with Gasteiger partial charge < -0.3 is 11.2 Å². The van der Waals surface area contributed by atoms with Crippen molar-refractivity contribution in [2.45, 2.75) is 5.03 Å². The maximum atomic E-state index is 12.3. The molecule has 0 aliphatic rings. The van der Waals surface area contributed by atoms with Gasteiger partial charge in [0.2, 0.25) is 5.95 Å². The monoisotopic (exact) mass is 322 g/mol. The first kappa shape index (κ1) is 13.8. The van der Waals surface area contributed by atoms with Gasteiger partial charge in [-0.15, -0.1) is 11.8 Å². The van der Waals surface area contributed by atoms with Crippen LogP contribution in [0.3, 0.4) is 0 Å². The number of benzene rings is 1. The molecule has 4 N–H and O–H groups in total. The third-order valence-corrected chi connectivity index (χ3v) is 3.82. The molecule has 108 valence electrons. The fourth-order valence-corrected chi connectivity index (χ4v) is 2.52. The van der Waals surface area contributed by atoms with Crippen molar-refractivity contribution in [1.29, 1.82) is 0 Å². The van der Waals surface area contributed by atoms with Crippen LogP contribution in [-0.2, 0) is 0 Å². The summed E-state index contributed by atoms with van der Waals surface area (Å²) in [7, 11) is 0. The van der Waals surface area contributed by atoms with Crippen LogP contribution >= 0.6 is 23.4 Å². The van der Waals surface area contributed by atoms with Gasteiger partial charge >= 0.3 is 0 Å². The minimum Gasteiger partial charge on any atom is -0.333 e. The van der Waals surface area contributed by atoms with Crippen LogP contribution in [0.5, 0.6) is 0 Å². The number of thioether (sulfide) groups is 1. The predicted octanol–water partition coefficient (Wildman–Crippen LogP) is 1.95. The molecule has 0 spiro atoms. The second-order valence-corrected chi connectivity index (χ2v) is 5.43. The first-order valence-electron chi connectivity index (χ1n) is 5.93. The van der Waals surface area contributed by atoms with Crippen molar-refractivity contribution in [3.63, 3.8) is 0 Å². The van der Waals surface area contributed by atoms with E-state index in [1.807, 2.05) is 6.26 Å². The van der Waals surface area contributed by atoms with Gasteiger partial charge in [0.1, 0.15) is 10.4 Å². The number of halogens is 1. The number of hydrogen-bond acceptors (Lipinski definition) is 6. The number of nitrogens with zero attached hydrogens (tertiary/aromatic N) is 3. The summed E-state index contributed by atoms with van der Waals surface area (Å²) in [4.78, 5) is 16.6. The van der Waals surface area contributed by atoms with Gasteiger partial charge in [0.15, 0.2) is 5.65 Å². The second-order valence-electron chi connectivity index (χ2n) is 4.20. The molecule has 0 saturated carbocycles. The topological polar surface area (TPSA) is 102 Å². The van der Waals surface area contributed by atoms with Gasteiger partial charge in [0.05, 0.1) is 0 Å². The Morgan fingerprint density at radius 2 is 2.10 bits per heavy atom. The molecule has 0 amide bonds. The molecule has 0 aliphatic heterocycles. The SMILES string of the molecule is CSc1n[nH]c2nc(Nc3ccc(Cl)cc3)n(N)c(=O)c12. The molecule has 0 saturated heterocycles. The highest BCUT2D eigenvalue weighted by Gasteiger charge is 2.15. The number of rotatable bonds is 3. The summed E-state index contributed by atoms with van der Waals surface area (Å²) in [5.41, 5.74) is 0.742. The van der Waals surface area contributed by atoms with Gasteiger partial charge in [-0.3, -0.25) is 9.89 Å². The van der Waals surface area contributed by atoms with Crippen LogP contribution in [0.4, 0.5) is 11.6 Å². The van der Waals surface area contributed by atoms with Crippen LogP contribution in [-0.4, -0.2) is 26.1 Å². The van der Waals surface area contributed by atoms with Gasteiger partial charge in [-0.2, -0.15) is 14.8 Å². The molecular formula is C12H11ClN6OS. The molecule has 21 heavy (non-hydrogen) atoms. The molecule has 1 aromatic carbocycles.